The van der Waals surface area contributed by atoms with Gasteiger partial charge in [-0.3, -0.25) is 5.43 Å². The average molecular weight is 262 g/mol. The van der Waals surface area contributed by atoms with Crippen LogP contribution in [0.15, 0.2) is 30.3 Å². The van der Waals surface area contributed by atoms with E-state index in [1.54, 1.807) is 0 Å². The first-order valence-corrected chi connectivity index (χ1v) is 5.91. The number of nitrogens with two attached hydrogens (primary N) is 1. The second-order valence-corrected chi connectivity index (χ2v) is 4.48. The van der Waals surface area contributed by atoms with Gasteiger partial charge in [0.2, 0.25) is 0 Å². The minimum atomic E-state index is 0.480. The van der Waals surface area contributed by atoms with Crippen LogP contribution in [0, 0.1) is 0 Å². The normalized spacial score (nSPS) is 12.7. The molecule has 0 saturated carbocycles. The first-order valence-electron chi connectivity index (χ1n) is 5.54. The van der Waals surface area contributed by atoms with Crippen LogP contribution in [0.3, 0.4) is 0 Å². The molecule has 0 fully saturated rings. The second-order valence-electron chi connectivity index (χ2n) is 4.07. The molecule has 1 aliphatic rings. The summed E-state index contributed by atoms with van der Waals surface area (Å²) >= 11 is 6.17. The van der Waals surface area contributed by atoms with Crippen LogP contribution < -0.4 is 22.1 Å². The van der Waals surface area contributed by atoms with Gasteiger partial charge in [0, 0.05) is 11.4 Å². The molecule has 1 aliphatic heterocycles. The third-order valence-electron chi connectivity index (χ3n) is 2.83. The van der Waals surface area contributed by atoms with Crippen LogP contribution in [-0.4, -0.2) is 4.98 Å². The summed E-state index contributed by atoms with van der Waals surface area (Å²) in [5.41, 5.74) is 17.5. The summed E-state index contributed by atoms with van der Waals surface area (Å²) in [5, 5.41) is 0.751. The number of anilines is 3. The van der Waals surface area contributed by atoms with Gasteiger partial charge in [0.1, 0.15) is 5.82 Å². The Kier molecular flexibility index (Phi) is 2.70. The van der Waals surface area contributed by atoms with Crippen LogP contribution in [0.1, 0.15) is 11.1 Å². The Balaban J connectivity index is 2.01. The number of nitrogens with one attached hydrogen (secondary N) is 3. The minimum Gasteiger partial charge on any atom is -0.384 e. The quantitative estimate of drug-likeness (QED) is 0.667. The van der Waals surface area contributed by atoms with Crippen molar-refractivity contribution in [3.8, 4) is 0 Å². The number of nitrogen functional groups attached to an aromatic ring is 1. The maximum absolute atomic E-state index is 6.17. The number of hydrogen-bond donors (Lipinski definition) is 4. The Morgan fingerprint density at radius 1 is 1.17 bits per heavy atom. The molecule has 0 saturated heterocycles. The minimum absolute atomic E-state index is 0.480. The number of halogens is 1. The number of benzene rings is 1. The molecule has 0 spiro atoms. The van der Waals surface area contributed by atoms with E-state index in [1.807, 2.05) is 30.3 Å². The Bertz CT molecular complexity index is 599. The number of hydrazine groups is 2. The average Bonchev–Trinajstić information content (AvgIpc) is 2.80. The molecule has 0 aliphatic carbocycles. The van der Waals surface area contributed by atoms with Crippen molar-refractivity contribution in [3.05, 3.63) is 46.5 Å². The van der Waals surface area contributed by atoms with E-state index in [0.29, 0.717) is 18.1 Å². The van der Waals surface area contributed by atoms with Crippen molar-refractivity contribution < 1.29 is 0 Å². The van der Waals surface area contributed by atoms with Gasteiger partial charge < -0.3 is 11.2 Å². The van der Waals surface area contributed by atoms with Crippen LogP contribution in [0.5, 0.6) is 0 Å². The van der Waals surface area contributed by atoms with Gasteiger partial charge in [0.25, 0.3) is 0 Å². The van der Waals surface area contributed by atoms with Crippen LogP contribution >= 0.6 is 11.6 Å². The summed E-state index contributed by atoms with van der Waals surface area (Å²) in [5.74, 6) is 1.19. The van der Waals surface area contributed by atoms with Crippen molar-refractivity contribution in [2.75, 3.05) is 16.6 Å². The molecule has 0 unspecified atom stereocenters. The number of hydrogen-bond acceptors (Lipinski definition) is 5. The fourth-order valence-electron chi connectivity index (χ4n) is 1.99. The molecule has 0 amide bonds. The molecule has 18 heavy (non-hydrogen) atoms. The number of rotatable bonds is 2. The number of aromatic nitrogens is 1. The lowest BCUT2D eigenvalue weighted by Gasteiger charge is -2.09. The molecule has 0 atom stereocenters. The lowest BCUT2D eigenvalue weighted by atomic mass is 10.0. The molecule has 5 N–H and O–H groups in total. The van der Waals surface area contributed by atoms with Crippen molar-refractivity contribution >= 4 is 28.9 Å². The summed E-state index contributed by atoms with van der Waals surface area (Å²) in [6.07, 6.45) is 0.699. The molecular formula is C12H12ClN5. The summed E-state index contributed by atoms with van der Waals surface area (Å²) in [6.45, 7) is 0. The van der Waals surface area contributed by atoms with E-state index in [-0.39, 0.29) is 0 Å². The van der Waals surface area contributed by atoms with Gasteiger partial charge in [-0.1, -0.05) is 29.8 Å². The first kappa shape index (κ1) is 11.1. The molecule has 3 rings (SSSR count). The van der Waals surface area contributed by atoms with Crippen LogP contribution in [0.25, 0.3) is 0 Å². The van der Waals surface area contributed by atoms with E-state index in [9.17, 15) is 0 Å². The fraction of sp³-hybridized carbons (Fsp3) is 0.0833. The zero-order valence-electron chi connectivity index (χ0n) is 9.50. The predicted octanol–water partition coefficient (Wildman–Crippen LogP) is 2.16. The summed E-state index contributed by atoms with van der Waals surface area (Å²) < 4.78 is 0. The van der Waals surface area contributed by atoms with E-state index in [2.05, 4.69) is 21.4 Å². The molecule has 1 aromatic heterocycles. The molecule has 2 heterocycles. The number of nitrogens with zero attached hydrogens (tertiary/aromatic N) is 1. The third kappa shape index (κ3) is 1.94. The van der Waals surface area contributed by atoms with Gasteiger partial charge >= 0.3 is 0 Å². The molecule has 2 aromatic rings. The smallest absolute Gasteiger partial charge is 0.169 e. The second kappa shape index (κ2) is 4.36. The van der Waals surface area contributed by atoms with Crippen molar-refractivity contribution in [2.45, 2.75) is 6.42 Å². The molecule has 6 heteroatoms. The molecule has 1 aromatic carbocycles. The van der Waals surface area contributed by atoms with E-state index >= 15 is 0 Å². The highest BCUT2D eigenvalue weighted by atomic mass is 35.5. The number of pyridine rings is 1. The van der Waals surface area contributed by atoms with Gasteiger partial charge in [0.05, 0.1) is 5.69 Å². The molecule has 0 radical (unpaired) electrons. The topological polar surface area (TPSA) is 75.0 Å². The Labute approximate surface area is 109 Å². The van der Waals surface area contributed by atoms with E-state index in [0.717, 1.165) is 21.8 Å². The molecule has 92 valence electrons. The maximum atomic E-state index is 6.17. The van der Waals surface area contributed by atoms with Crippen LogP contribution in [0.2, 0.25) is 5.02 Å². The highest BCUT2D eigenvalue weighted by Gasteiger charge is 2.17. The highest BCUT2D eigenvalue weighted by Crippen LogP contribution is 2.31. The zero-order chi connectivity index (χ0) is 12.5. The maximum Gasteiger partial charge on any atom is 0.169 e. The first-order chi connectivity index (χ1) is 8.74. The van der Waals surface area contributed by atoms with Gasteiger partial charge in [-0.05, 0) is 23.3 Å². The van der Waals surface area contributed by atoms with Crippen molar-refractivity contribution in [1.29, 1.82) is 0 Å². The standard InChI is InChI=1S/C12H12ClN5/c13-9-4-2-1-3-7(9)5-8-6-10(14)15-12-11(8)16-18-17-12/h1-4,6,16,18H,5H2,(H3,14,15,17). The fourth-order valence-corrected chi connectivity index (χ4v) is 2.19. The molecule has 5 nitrogen and oxygen atoms in total. The van der Waals surface area contributed by atoms with E-state index < -0.39 is 0 Å². The lowest BCUT2D eigenvalue weighted by Crippen LogP contribution is -2.19. The zero-order valence-corrected chi connectivity index (χ0v) is 10.3. The molecule has 0 bridgehead atoms. The molecular weight excluding hydrogens is 250 g/mol. The summed E-state index contributed by atoms with van der Waals surface area (Å²) in [7, 11) is 0. The van der Waals surface area contributed by atoms with Crippen LogP contribution in [-0.2, 0) is 6.42 Å². The predicted molar refractivity (Wildman–Crippen MR) is 73.3 cm³/mol. The van der Waals surface area contributed by atoms with Crippen molar-refractivity contribution in [2.24, 2.45) is 0 Å². The van der Waals surface area contributed by atoms with Gasteiger partial charge in [-0.25, -0.2) is 4.98 Å². The summed E-state index contributed by atoms with van der Waals surface area (Å²) in [6, 6.07) is 9.62. The summed E-state index contributed by atoms with van der Waals surface area (Å²) in [4.78, 5) is 4.19. The van der Waals surface area contributed by atoms with Gasteiger partial charge in [0.15, 0.2) is 5.82 Å². The third-order valence-corrected chi connectivity index (χ3v) is 3.20. The monoisotopic (exact) mass is 261 g/mol. The van der Waals surface area contributed by atoms with Crippen molar-refractivity contribution in [3.63, 3.8) is 0 Å². The Morgan fingerprint density at radius 3 is 2.83 bits per heavy atom. The van der Waals surface area contributed by atoms with Gasteiger partial charge in [-0.15, -0.1) is 5.53 Å². The van der Waals surface area contributed by atoms with E-state index in [4.69, 9.17) is 17.3 Å². The van der Waals surface area contributed by atoms with Crippen LogP contribution in [0.4, 0.5) is 17.3 Å². The van der Waals surface area contributed by atoms with E-state index in [1.165, 1.54) is 0 Å². The Hall–Kier alpha value is -1.98. The number of fused-ring (bicyclic) bond motifs is 1. The Morgan fingerprint density at radius 2 is 2.00 bits per heavy atom. The SMILES string of the molecule is Nc1cc(Cc2ccccc2Cl)c2c(n1)NNN2. The largest absolute Gasteiger partial charge is 0.384 e. The lowest BCUT2D eigenvalue weighted by molar-refractivity contribution is 0.997. The van der Waals surface area contributed by atoms with Crippen molar-refractivity contribution in [1.82, 2.24) is 10.5 Å². The van der Waals surface area contributed by atoms with Gasteiger partial charge in [-0.2, -0.15) is 0 Å². The highest BCUT2D eigenvalue weighted by molar-refractivity contribution is 6.31.